The summed E-state index contributed by atoms with van der Waals surface area (Å²) < 4.78 is 42.7. The molecule has 4 rings (SSSR count). The fourth-order valence-corrected chi connectivity index (χ4v) is 6.34. The van der Waals surface area contributed by atoms with E-state index in [1.165, 1.54) is 0 Å². The summed E-state index contributed by atoms with van der Waals surface area (Å²) in [6.07, 6.45) is 4.43. The number of amides is 7. The summed E-state index contributed by atoms with van der Waals surface area (Å²) in [6, 6.07) is -1.46. The normalized spacial score (nSPS) is 19.5. The monoisotopic (exact) mass is 843 g/mol. The molecule has 7 amide bonds. The molecule has 1 heterocycles. The molecule has 0 radical (unpaired) electrons. The lowest BCUT2D eigenvalue weighted by Gasteiger charge is -2.70. The van der Waals surface area contributed by atoms with Crippen molar-refractivity contribution in [1.29, 1.82) is 0 Å². The fraction of sp³-hybridized carbons (Fsp3) is 0.757. The van der Waals surface area contributed by atoms with Crippen molar-refractivity contribution in [2.75, 3.05) is 139 Å². The van der Waals surface area contributed by atoms with Crippen LogP contribution in [0.25, 0.3) is 0 Å². The summed E-state index contributed by atoms with van der Waals surface area (Å²) in [4.78, 5) is 87.5. The van der Waals surface area contributed by atoms with E-state index in [2.05, 4.69) is 31.9 Å². The van der Waals surface area contributed by atoms with Gasteiger partial charge in [-0.2, -0.15) is 0 Å². The zero-order valence-corrected chi connectivity index (χ0v) is 34.1. The van der Waals surface area contributed by atoms with Crippen LogP contribution >= 0.6 is 0 Å². The Balaban J connectivity index is 1.15. The Bertz CT molecular complexity index is 1360. The molecule has 0 aromatic rings. The molecule has 2 bridgehead atoms. The SMILES string of the molecule is CNC12CC(NC(=O)CNC(=O)CNC(=O)CNC(=O)C(CNC(=O)CCOCCOCCOCCOCCOCCOCCOCCOC)N3C(=O)C=CC3=O)(C1)C2. The van der Waals surface area contributed by atoms with Crippen molar-refractivity contribution in [2.45, 2.75) is 42.8 Å². The number of ether oxygens (including phenoxy) is 8. The van der Waals surface area contributed by atoms with Gasteiger partial charge in [-0.05, 0) is 26.3 Å². The molecule has 1 aliphatic heterocycles. The molecule has 334 valence electrons. The molecule has 1 unspecified atom stereocenters. The second-order valence-electron chi connectivity index (χ2n) is 13.9. The Morgan fingerprint density at radius 3 is 1.41 bits per heavy atom. The van der Waals surface area contributed by atoms with Crippen molar-refractivity contribution in [2.24, 2.45) is 0 Å². The van der Waals surface area contributed by atoms with Crippen molar-refractivity contribution in [3.8, 4) is 0 Å². The van der Waals surface area contributed by atoms with Gasteiger partial charge in [0.25, 0.3) is 11.8 Å². The molecule has 0 aromatic heterocycles. The highest BCUT2D eigenvalue weighted by Crippen LogP contribution is 2.60. The Morgan fingerprint density at radius 1 is 0.559 bits per heavy atom. The molecule has 3 fully saturated rings. The summed E-state index contributed by atoms with van der Waals surface area (Å²) in [5.74, 6) is -4.60. The molecule has 1 atom stereocenters. The number of hydrogen-bond acceptors (Lipinski definition) is 16. The van der Waals surface area contributed by atoms with Crippen LogP contribution in [-0.2, 0) is 71.5 Å². The van der Waals surface area contributed by atoms with E-state index in [1.807, 2.05) is 7.05 Å². The average molecular weight is 844 g/mol. The van der Waals surface area contributed by atoms with Gasteiger partial charge in [0.1, 0.15) is 6.04 Å². The van der Waals surface area contributed by atoms with Gasteiger partial charge in [-0.1, -0.05) is 0 Å². The molecule has 3 aliphatic carbocycles. The minimum absolute atomic E-state index is 0.0422. The molecule has 4 aliphatic rings. The zero-order chi connectivity index (χ0) is 42.8. The highest BCUT2D eigenvalue weighted by atomic mass is 16.6. The smallest absolute Gasteiger partial charge is 0.254 e. The van der Waals surface area contributed by atoms with Crippen LogP contribution < -0.4 is 31.9 Å². The summed E-state index contributed by atoms with van der Waals surface area (Å²) in [5.41, 5.74) is -0.103. The minimum atomic E-state index is -1.46. The predicted octanol–water partition coefficient (Wildman–Crippen LogP) is -4.09. The van der Waals surface area contributed by atoms with Crippen LogP contribution in [0.5, 0.6) is 0 Å². The number of rotatable bonds is 36. The Morgan fingerprint density at radius 2 is 0.966 bits per heavy atom. The van der Waals surface area contributed by atoms with Gasteiger partial charge >= 0.3 is 0 Å². The van der Waals surface area contributed by atoms with Crippen LogP contribution in [-0.4, -0.2) is 203 Å². The van der Waals surface area contributed by atoms with E-state index in [1.54, 1.807) is 7.11 Å². The van der Waals surface area contributed by atoms with E-state index in [0.29, 0.717) is 84.2 Å². The number of nitrogens with one attached hydrogen (secondary N) is 6. The van der Waals surface area contributed by atoms with Crippen molar-refractivity contribution < 1.29 is 71.5 Å². The highest BCUT2D eigenvalue weighted by molar-refractivity contribution is 6.15. The second kappa shape index (κ2) is 27.6. The summed E-state index contributed by atoms with van der Waals surface area (Å²) >= 11 is 0. The molecule has 59 heavy (non-hydrogen) atoms. The summed E-state index contributed by atoms with van der Waals surface area (Å²) in [6.45, 7) is 4.29. The van der Waals surface area contributed by atoms with Gasteiger partial charge in [0.15, 0.2) is 0 Å². The quantitative estimate of drug-likeness (QED) is 0.0259. The van der Waals surface area contributed by atoms with Gasteiger partial charge in [0, 0.05) is 43.3 Å². The lowest BCUT2D eigenvalue weighted by molar-refractivity contribution is -0.146. The molecular formula is C37H61N7O15. The number of methoxy groups -OCH3 is 1. The summed E-state index contributed by atoms with van der Waals surface area (Å²) in [7, 11) is 3.51. The first-order valence-corrected chi connectivity index (χ1v) is 19.7. The van der Waals surface area contributed by atoms with Crippen LogP contribution in [0, 0.1) is 0 Å². The lowest BCUT2D eigenvalue weighted by atomic mass is 9.44. The maximum Gasteiger partial charge on any atom is 0.254 e. The van der Waals surface area contributed by atoms with Crippen molar-refractivity contribution >= 4 is 41.4 Å². The van der Waals surface area contributed by atoms with E-state index in [9.17, 15) is 33.6 Å². The average Bonchev–Trinajstić information content (AvgIpc) is 3.52. The molecule has 6 N–H and O–H groups in total. The number of hydrogen-bond donors (Lipinski definition) is 6. The number of nitrogens with zero attached hydrogens (tertiary/aromatic N) is 1. The second-order valence-corrected chi connectivity index (χ2v) is 13.9. The van der Waals surface area contributed by atoms with Gasteiger partial charge in [-0.25, -0.2) is 0 Å². The minimum Gasteiger partial charge on any atom is -0.382 e. The topological polar surface area (TPSA) is 269 Å². The van der Waals surface area contributed by atoms with Crippen LogP contribution in [0.2, 0.25) is 0 Å². The van der Waals surface area contributed by atoms with Crippen LogP contribution in [0.15, 0.2) is 12.2 Å². The number of imide groups is 1. The molecule has 0 aromatic carbocycles. The molecule has 22 heteroatoms. The Kier molecular flexibility index (Phi) is 23.0. The van der Waals surface area contributed by atoms with E-state index >= 15 is 0 Å². The van der Waals surface area contributed by atoms with E-state index < -0.39 is 61.1 Å². The van der Waals surface area contributed by atoms with Crippen LogP contribution in [0.1, 0.15) is 25.7 Å². The van der Waals surface area contributed by atoms with Gasteiger partial charge < -0.3 is 69.8 Å². The first kappa shape index (κ1) is 49.2. The van der Waals surface area contributed by atoms with Gasteiger partial charge in [-0.15, -0.1) is 0 Å². The van der Waals surface area contributed by atoms with E-state index in [-0.39, 0.29) is 49.8 Å². The first-order valence-electron chi connectivity index (χ1n) is 19.7. The molecule has 22 nitrogen and oxygen atoms in total. The van der Waals surface area contributed by atoms with Crippen molar-refractivity contribution in [3.05, 3.63) is 12.2 Å². The Hall–Kier alpha value is -4.13. The molecule has 3 saturated carbocycles. The summed E-state index contributed by atoms with van der Waals surface area (Å²) in [5, 5.41) is 15.7. The molecule has 0 saturated heterocycles. The predicted molar refractivity (Wildman–Crippen MR) is 206 cm³/mol. The Labute approximate surface area is 343 Å². The zero-order valence-electron chi connectivity index (χ0n) is 34.1. The lowest BCUT2D eigenvalue weighted by Crippen LogP contribution is -2.83. The van der Waals surface area contributed by atoms with Crippen molar-refractivity contribution in [3.63, 3.8) is 0 Å². The third-order valence-corrected chi connectivity index (χ3v) is 9.37. The molecule has 0 spiro atoms. The molecular weight excluding hydrogens is 782 g/mol. The third kappa shape index (κ3) is 18.8. The maximum atomic E-state index is 13.0. The van der Waals surface area contributed by atoms with E-state index in [4.69, 9.17) is 37.9 Å². The first-order chi connectivity index (χ1) is 28.5. The van der Waals surface area contributed by atoms with Gasteiger partial charge in [-0.3, -0.25) is 38.5 Å². The van der Waals surface area contributed by atoms with Gasteiger partial charge in [0.2, 0.25) is 29.5 Å². The largest absolute Gasteiger partial charge is 0.382 e. The fourth-order valence-electron chi connectivity index (χ4n) is 6.34. The standard InChI is InChI=1S/C37H61N7O15/c1-38-36-25-37(26-36,27-36)43-32(48)24-41-30(46)22-40-31(47)23-42-35(51)28(44-33(49)3-4-34(44)50)21-39-29(45)5-6-53-9-10-55-13-14-57-17-18-59-20-19-58-16-15-56-12-11-54-8-7-52-2/h3-4,28,38H,5-27H2,1-2H3,(H,39,45)(H,40,47)(H,41,46)(H,42,51)(H,43,48). The highest BCUT2D eigenvalue weighted by Gasteiger charge is 2.67. The number of carbonyl (C=O) groups is 7. The number of carbonyl (C=O) groups excluding carboxylic acids is 7. The third-order valence-electron chi connectivity index (χ3n) is 9.37. The van der Waals surface area contributed by atoms with Crippen molar-refractivity contribution in [1.82, 2.24) is 36.8 Å². The van der Waals surface area contributed by atoms with E-state index in [0.717, 1.165) is 31.4 Å². The maximum absolute atomic E-state index is 13.0. The van der Waals surface area contributed by atoms with Gasteiger partial charge in [0.05, 0.1) is 119 Å². The van der Waals surface area contributed by atoms with Crippen LogP contribution in [0.3, 0.4) is 0 Å². The van der Waals surface area contributed by atoms with Crippen LogP contribution in [0.4, 0.5) is 0 Å².